The van der Waals surface area contributed by atoms with E-state index in [-0.39, 0.29) is 23.0 Å². The number of amides is 1. The Hall–Kier alpha value is -3.69. The maximum absolute atomic E-state index is 12.2. The second-order valence-corrected chi connectivity index (χ2v) is 4.89. The fraction of sp³-hybridized carbons (Fsp3) is 0. The van der Waals surface area contributed by atoms with Gasteiger partial charge in [0.2, 0.25) is 5.95 Å². The number of hydrogen-bond donors (Lipinski definition) is 2. The first-order chi connectivity index (χ1) is 11.6. The Labute approximate surface area is 140 Å². The van der Waals surface area contributed by atoms with Crippen molar-refractivity contribution in [1.82, 2.24) is 25.0 Å². The van der Waals surface area contributed by atoms with Crippen LogP contribution in [0.2, 0.25) is 5.02 Å². The summed E-state index contributed by atoms with van der Waals surface area (Å²) in [5.74, 6) is -0.628. The predicted octanol–water partition coefficient (Wildman–Crippen LogP) is 1.64. The first-order valence-electron chi connectivity index (χ1n) is 6.51. The zero-order valence-electron chi connectivity index (χ0n) is 11.9. The minimum atomic E-state index is -0.601. The molecule has 1 aromatic carbocycles. The standard InChI is InChI=1S/C14H7ClN8O/c15-8-3-1-2-4-12(8)23-7-11(21-22-23)13(24)20-14-18-9(5-16)10(6-17)19-14/h1-4,7H,(H2,18,19,20,24). The molecule has 1 amide bonds. The van der Waals surface area contributed by atoms with Crippen LogP contribution < -0.4 is 5.32 Å². The minimum absolute atomic E-state index is 0.0170. The van der Waals surface area contributed by atoms with Crippen LogP contribution in [-0.2, 0) is 0 Å². The third kappa shape index (κ3) is 2.79. The summed E-state index contributed by atoms with van der Waals surface area (Å²) >= 11 is 6.06. The van der Waals surface area contributed by atoms with Crippen LogP contribution >= 0.6 is 11.6 Å². The number of aromatic nitrogens is 5. The number of carbonyl (C=O) groups is 1. The summed E-state index contributed by atoms with van der Waals surface area (Å²) in [5, 5.41) is 28.2. The summed E-state index contributed by atoms with van der Waals surface area (Å²) in [6, 6.07) is 10.5. The lowest BCUT2D eigenvalue weighted by atomic mass is 10.3. The van der Waals surface area contributed by atoms with E-state index in [0.717, 1.165) is 0 Å². The molecule has 0 atom stereocenters. The van der Waals surface area contributed by atoms with Crippen LogP contribution in [0.15, 0.2) is 30.5 Å². The van der Waals surface area contributed by atoms with E-state index in [4.69, 9.17) is 22.1 Å². The highest BCUT2D eigenvalue weighted by Gasteiger charge is 2.16. The number of aromatic amines is 1. The third-order valence-corrected chi connectivity index (χ3v) is 3.30. The molecule has 0 saturated carbocycles. The van der Waals surface area contributed by atoms with Gasteiger partial charge in [-0.25, -0.2) is 9.67 Å². The van der Waals surface area contributed by atoms with Gasteiger partial charge in [-0.05, 0) is 12.1 Å². The van der Waals surface area contributed by atoms with Crippen molar-refractivity contribution in [2.24, 2.45) is 0 Å². The molecule has 9 nitrogen and oxygen atoms in total. The van der Waals surface area contributed by atoms with E-state index in [0.29, 0.717) is 10.7 Å². The number of halogens is 1. The molecule has 0 spiro atoms. The number of anilines is 1. The van der Waals surface area contributed by atoms with Crippen LogP contribution in [0.3, 0.4) is 0 Å². The number of H-pyrrole nitrogens is 1. The number of rotatable bonds is 3. The molecule has 0 unspecified atom stereocenters. The van der Waals surface area contributed by atoms with Gasteiger partial charge in [0.15, 0.2) is 17.1 Å². The number of carbonyl (C=O) groups excluding carboxylic acids is 1. The summed E-state index contributed by atoms with van der Waals surface area (Å²) in [6.07, 6.45) is 1.40. The normalized spacial score (nSPS) is 9.96. The zero-order valence-corrected chi connectivity index (χ0v) is 12.6. The fourth-order valence-corrected chi connectivity index (χ4v) is 2.11. The van der Waals surface area contributed by atoms with E-state index in [9.17, 15) is 4.79 Å². The predicted molar refractivity (Wildman–Crippen MR) is 82.3 cm³/mol. The Morgan fingerprint density at radius 2 is 2.08 bits per heavy atom. The van der Waals surface area contributed by atoms with Crippen molar-refractivity contribution in [3.8, 4) is 17.8 Å². The van der Waals surface area contributed by atoms with Crippen LogP contribution in [0, 0.1) is 22.7 Å². The monoisotopic (exact) mass is 338 g/mol. The Morgan fingerprint density at radius 3 is 2.75 bits per heavy atom. The van der Waals surface area contributed by atoms with Crippen LogP contribution in [0.5, 0.6) is 0 Å². The van der Waals surface area contributed by atoms with Crippen LogP contribution in [-0.4, -0.2) is 30.9 Å². The average molecular weight is 339 g/mol. The van der Waals surface area contributed by atoms with Crippen molar-refractivity contribution in [2.45, 2.75) is 0 Å². The number of nitrogens with zero attached hydrogens (tertiary/aromatic N) is 6. The van der Waals surface area contributed by atoms with E-state index in [2.05, 4.69) is 25.6 Å². The molecule has 0 aliphatic carbocycles. The third-order valence-electron chi connectivity index (χ3n) is 2.98. The van der Waals surface area contributed by atoms with Crippen molar-refractivity contribution in [2.75, 3.05) is 5.32 Å². The molecule has 2 heterocycles. The first-order valence-corrected chi connectivity index (χ1v) is 6.89. The Morgan fingerprint density at radius 1 is 1.29 bits per heavy atom. The average Bonchev–Trinajstić information content (AvgIpc) is 3.21. The molecule has 2 aromatic heterocycles. The largest absolute Gasteiger partial charge is 0.314 e. The first kappa shape index (κ1) is 15.2. The molecular formula is C14H7ClN8O. The second kappa shape index (κ2) is 6.20. The van der Waals surface area contributed by atoms with Gasteiger partial charge >= 0.3 is 0 Å². The summed E-state index contributed by atoms with van der Waals surface area (Å²) in [7, 11) is 0. The van der Waals surface area contributed by atoms with Crippen LogP contribution in [0.25, 0.3) is 5.69 Å². The molecule has 0 saturated heterocycles. The van der Waals surface area contributed by atoms with Gasteiger partial charge in [-0.1, -0.05) is 28.9 Å². The van der Waals surface area contributed by atoms with Crippen molar-refractivity contribution >= 4 is 23.5 Å². The van der Waals surface area contributed by atoms with Crippen molar-refractivity contribution in [3.05, 3.63) is 52.6 Å². The summed E-state index contributed by atoms with van der Waals surface area (Å²) < 4.78 is 1.36. The highest BCUT2D eigenvalue weighted by molar-refractivity contribution is 6.32. The molecule has 3 aromatic rings. The maximum Gasteiger partial charge on any atom is 0.280 e. The molecule has 116 valence electrons. The molecule has 2 N–H and O–H groups in total. The van der Waals surface area contributed by atoms with Gasteiger partial charge in [0.25, 0.3) is 5.91 Å². The SMILES string of the molecule is N#Cc1nc(NC(=O)c2cn(-c3ccccc3Cl)nn2)[nH]c1C#N. The van der Waals surface area contributed by atoms with Crippen LogP contribution in [0.1, 0.15) is 21.9 Å². The molecule has 0 radical (unpaired) electrons. The van der Waals surface area contributed by atoms with E-state index >= 15 is 0 Å². The van der Waals surface area contributed by atoms with Gasteiger partial charge in [-0.3, -0.25) is 10.1 Å². The lowest BCUT2D eigenvalue weighted by Crippen LogP contribution is -2.13. The van der Waals surface area contributed by atoms with Gasteiger partial charge in [-0.15, -0.1) is 5.10 Å². The van der Waals surface area contributed by atoms with E-state index in [1.807, 2.05) is 0 Å². The number of para-hydroxylation sites is 1. The fourth-order valence-electron chi connectivity index (χ4n) is 1.89. The number of imidazole rings is 1. The summed E-state index contributed by atoms with van der Waals surface area (Å²) in [5.41, 5.74) is 0.450. The Bertz CT molecular complexity index is 975. The van der Waals surface area contributed by atoms with Crippen molar-refractivity contribution < 1.29 is 4.79 Å². The molecule has 0 bridgehead atoms. The minimum Gasteiger partial charge on any atom is -0.314 e. The molecule has 24 heavy (non-hydrogen) atoms. The number of hydrogen-bond acceptors (Lipinski definition) is 6. The summed E-state index contributed by atoms with van der Waals surface area (Å²) in [4.78, 5) is 18.5. The van der Waals surface area contributed by atoms with E-state index in [1.54, 1.807) is 36.4 Å². The molecule has 10 heteroatoms. The topological polar surface area (TPSA) is 136 Å². The summed E-state index contributed by atoms with van der Waals surface area (Å²) in [6.45, 7) is 0. The van der Waals surface area contributed by atoms with E-state index in [1.165, 1.54) is 10.9 Å². The number of nitriles is 2. The van der Waals surface area contributed by atoms with E-state index < -0.39 is 5.91 Å². The van der Waals surface area contributed by atoms with Crippen LogP contribution in [0.4, 0.5) is 5.95 Å². The highest BCUT2D eigenvalue weighted by atomic mass is 35.5. The Balaban J connectivity index is 1.82. The molecule has 0 aliphatic rings. The van der Waals surface area contributed by atoms with Gasteiger partial charge in [-0.2, -0.15) is 10.5 Å². The smallest absolute Gasteiger partial charge is 0.280 e. The lowest BCUT2D eigenvalue weighted by Gasteiger charge is -2.01. The number of nitrogens with one attached hydrogen (secondary N) is 2. The van der Waals surface area contributed by atoms with Gasteiger partial charge in [0.05, 0.1) is 16.9 Å². The molecule has 0 fully saturated rings. The Kier molecular flexibility index (Phi) is 3.93. The van der Waals surface area contributed by atoms with Crippen molar-refractivity contribution in [3.63, 3.8) is 0 Å². The molecule has 0 aliphatic heterocycles. The molecular weight excluding hydrogens is 332 g/mol. The zero-order chi connectivity index (χ0) is 17.1. The lowest BCUT2D eigenvalue weighted by molar-refractivity contribution is 0.102. The van der Waals surface area contributed by atoms with Gasteiger partial charge in [0.1, 0.15) is 12.1 Å². The van der Waals surface area contributed by atoms with Gasteiger partial charge < -0.3 is 4.98 Å². The van der Waals surface area contributed by atoms with Crippen molar-refractivity contribution in [1.29, 1.82) is 10.5 Å². The highest BCUT2D eigenvalue weighted by Crippen LogP contribution is 2.19. The maximum atomic E-state index is 12.2. The molecule has 3 rings (SSSR count). The van der Waals surface area contributed by atoms with Gasteiger partial charge in [0, 0.05) is 0 Å². The quantitative estimate of drug-likeness (QED) is 0.744. The second-order valence-electron chi connectivity index (χ2n) is 4.49. The number of benzene rings is 1.